The third kappa shape index (κ3) is 3.61. The molecule has 1 aromatic carbocycles. The molecule has 1 N–H and O–H groups in total. The van der Waals surface area contributed by atoms with E-state index < -0.39 is 0 Å². The molecule has 2 aromatic rings. The minimum Gasteiger partial charge on any atom is -0.342 e. The van der Waals surface area contributed by atoms with Crippen LogP contribution in [-0.2, 0) is 4.79 Å². The second kappa shape index (κ2) is 7.55. The third-order valence-electron chi connectivity index (χ3n) is 5.67. The summed E-state index contributed by atoms with van der Waals surface area (Å²) in [5.41, 5.74) is 2.45. The molecule has 1 aliphatic carbocycles. The summed E-state index contributed by atoms with van der Waals surface area (Å²) in [5.74, 6) is 0.804. The Morgan fingerprint density at radius 1 is 1.15 bits per heavy atom. The summed E-state index contributed by atoms with van der Waals surface area (Å²) in [6.45, 7) is 4.11. The summed E-state index contributed by atoms with van der Waals surface area (Å²) in [4.78, 5) is 29.2. The van der Waals surface area contributed by atoms with Gasteiger partial charge in [-0.15, -0.1) is 0 Å². The van der Waals surface area contributed by atoms with Gasteiger partial charge in [0, 0.05) is 37.2 Å². The predicted octanol–water partition coefficient (Wildman–Crippen LogP) is 3.19. The van der Waals surface area contributed by atoms with E-state index in [1.54, 1.807) is 11.1 Å². The molecule has 0 spiro atoms. The highest BCUT2D eigenvalue weighted by Gasteiger charge is 2.36. The summed E-state index contributed by atoms with van der Waals surface area (Å²) in [6, 6.07) is 9.72. The highest BCUT2D eigenvalue weighted by Crippen LogP contribution is 2.35. The van der Waals surface area contributed by atoms with Gasteiger partial charge in [-0.1, -0.05) is 18.2 Å². The van der Waals surface area contributed by atoms with Crippen LogP contribution < -0.4 is 4.90 Å². The molecule has 2 amide bonds. The lowest BCUT2D eigenvalue weighted by Crippen LogP contribution is -2.39. The number of piperidine rings is 1. The Morgan fingerprint density at radius 3 is 2.48 bits per heavy atom. The Bertz CT molecular complexity index is 805. The van der Waals surface area contributed by atoms with Crippen molar-refractivity contribution in [2.75, 3.05) is 24.5 Å². The number of benzene rings is 1. The van der Waals surface area contributed by atoms with Crippen LogP contribution in [0.25, 0.3) is 0 Å². The van der Waals surface area contributed by atoms with E-state index in [0.29, 0.717) is 18.0 Å². The van der Waals surface area contributed by atoms with E-state index in [1.165, 1.54) is 0 Å². The lowest BCUT2D eigenvalue weighted by atomic mass is 9.91. The lowest BCUT2D eigenvalue weighted by molar-refractivity contribution is -0.133. The minimum atomic E-state index is -0.0241. The van der Waals surface area contributed by atoms with Gasteiger partial charge >= 0.3 is 0 Å². The van der Waals surface area contributed by atoms with E-state index in [2.05, 4.69) is 10.2 Å². The fourth-order valence-electron chi connectivity index (χ4n) is 3.95. The second-order valence-electron chi connectivity index (χ2n) is 7.46. The van der Waals surface area contributed by atoms with Crippen LogP contribution in [0.3, 0.4) is 0 Å². The highest BCUT2D eigenvalue weighted by atomic mass is 16.2. The van der Waals surface area contributed by atoms with Gasteiger partial charge in [-0.2, -0.15) is 5.10 Å². The maximum Gasteiger partial charge on any atom is 0.261 e. The van der Waals surface area contributed by atoms with Gasteiger partial charge in [0.2, 0.25) is 5.91 Å². The molecule has 0 bridgehead atoms. The van der Waals surface area contributed by atoms with Gasteiger partial charge in [0.1, 0.15) is 0 Å². The number of nitrogens with zero attached hydrogens (tertiary/aromatic N) is 3. The van der Waals surface area contributed by atoms with Crippen molar-refractivity contribution in [1.29, 1.82) is 0 Å². The fraction of sp³-hybridized carbons (Fsp3) is 0.476. The summed E-state index contributed by atoms with van der Waals surface area (Å²) in [7, 11) is 0. The van der Waals surface area contributed by atoms with E-state index in [0.717, 1.165) is 50.2 Å². The van der Waals surface area contributed by atoms with E-state index >= 15 is 0 Å². The molecule has 6 heteroatoms. The number of aromatic nitrogens is 2. The van der Waals surface area contributed by atoms with Crippen molar-refractivity contribution < 1.29 is 9.59 Å². The molecule has 1 saturated heterocycles. The Kier molecular flexibility index (Phi) is 4.97. The zero-order valence-electron chi connectivity index (χ0n) is 15.7. The van der Waals surface area contributed by atoms with E-state index in [-0.39, 0.29) is 17.7 Å². The van der Waals surface area contributed by atoms with Crippen molar-refractivity contribution in [2.24, 2.45) is 5.92 Å². The Hall–Kier alpha value is -2.63. The fourth-order valence-corrected chi connectivity index (χ4v) is 3.95. The molecule has 1 saturated carbocycles. The normalized spacial score (nSPS) is 17.7. The van der Waals surface area contributed by atoms with Gasteiger partial charge in [-0.05, 0) is 44.7 Å². The van der Waals surface area contributed by atoms with Crippen molar-refractivity contribution in [3.05, 3.63) is 47.8 Å². The number of para-hydroxylation sites is 1. The number of anilines is 1. The van der Waals surface area contributed by atoms with Gasteiger partial charge in [-0.25, -0.2) is 0 Å². The summed E-state index contributed by atoms with van der Waals surface area (Å²) in [5, 5.41) is 7.23. The molecular weight excluding hydrogens is 340 g/mol. The number of carbonyl (C=O) groups excluding carboxylic acids is 2. The van der Waals surface area contributed by atoms with E-state index in [9.17, 15) is 9.59 Å². The molecule has 2 fully saturated rings. The van der Waals surface area contributed by atoms with Crippen LogP contribution in [0.1, 0.15) is 54.6 Å². The maximum absolute atomic E-state index is 13.2. The Labute approximate surface area is 159 Å². The number of hydrogen-bond acceptors (Lipinski definition) is 3. The molecule has 1 aromatic heterocycles. The topological polar surface area (TPSA) is 69.3 Å². The zero-order chi connectivity index (χ0) is 18.8. The lowest BCUT2D eigenvalue weighted by Gasteiger charge is -2.32. The van der Waals surface area contributed by atoms with Crippen LogP contribution in [0, 0.1) is 5.92 Å². The smallest absolute Gasteiger partial charge is 0.261 e. The van der Waals surface area contributed by atoms with Crippen molar-refractivity contribution in [2.45, 2.75) is 38.5 Å². The second-order valence-corrected chi connectivity index (χ2v) is 7.46. The molecule has 2 aliphatic rings. The standard InChI is InChI=1S/C21H26N4O2/c1-2-25(17-6-4-3-5-7-17)21(27)18-14-22-23-19(18)15-10-12-24(13-11-15)20(26)16-8-9-16/h3-7,14-16H,2,8-13H2,1H3,(H,22,23). The summed E-state index contributed by atoms with van der Waals surface area (Å²) < 4.78 is 0. The first-order valence-corrected chi connectivity index (χ1v) is 9.88. The van der Waals surface area contributed by atoms with Crippen LogP contribution in [0.4, 0.5) is 5.69 Å². The van der Waals surface area contributed by atoms with Crippen molar-refractivity contribution in [3.8, 4) is 0 Å². The molecule has 27 heavy (non-hydrogen) atoms. The molecule has 142 valence electrons. The summed E-state index contributed by atoms with van der Waals surface area (Å²) in [6.07, 6.45) is 5.48. The van der Waals surface area contributed by atoms with Crippen LogP contribution in [0.2, 0.25) is 0 Å². The van der Waals surface area contributed by atoms with Crippen molar-refractivity contribution >= 4 is 17.5 Å². The monoisotopic (exact) mass is 366 g/mol. The molecule has 2 heterocycles. The first kappa shape index (κ1) is 17.8. The quantitative estimate of drug-likeness (QED) is 0.883. The maximum atomic E-state index is 13.2. The van der Waals surface area contributed by atoms with Crippen molar-refractivity contribution in [1.82, 2.24) is 15.1 Å². The number of nitrogens with one attached hydrogen (secondary N) is 1. The first-order chi connectivity index (χ1) is 13.2. The number of H-pyrrole nitrogens is 1. The van der Waals surface area contributed by atoms with Gasteiger partial charge in [0.05, 0.1) is 17.5 Å². The van der Waals surface area contributed by atoms with Crippen LogP contribution in [0.15, 0.2) is 36.5 Å². The number of amides is 2. The minimum absolute atomic E-state index is 0.0241. The third-order valence-corrected chi connectivity index (χ3v) is 5.67. The molecule has 0 unspecified atom stereocenters. The van der Waals surface area contributed by atoms with Crippen molar-refractivity contribution in [3.63, 3.8) is 0 Å². The predicted molar refractivity (Wildman–Crippen MR) is 104 cm³/mol. The molecule has 0 atom stereocenters. The average Bonchev–Trinajstić information content (AvgIpc) is 3.45. The van der Waals surface area contributed by atoms with E-state index in [4.69, 9.17) is 0 Å². The average molecular weight is 366 g/mol. The molecule has 4 rings (SSSR count). The number of carbonyl (C=O) groups is 2. The highest BCUT2D eigenvalue weighted by molar-refractivity contribution is 6.06. The number of likely N-dealkylation sites (tertiary alicyclic amines) is 1. The molecule has 6 nitrogen and oxygen atoms in total. The number of aromatic amines is 1. The first-order valence-electron chi connectivity index (χ1n) is 9.88. The van der Waals surface area contributed by atoms with Crippen LogP contribution in [0.5, 0.6) is 0 Å². The van der Waals surface area contributed by atoms with Gasteiger partial charge in [0.25, 0.3) is 5.91 Å². The largest absolute Gasteiger partial charge is 0.342 e. The molecule has 1 aliphatic heterocycles. The zero-order valence-corrected chi connectivity index (χ0v) is 15.7. The Balaban J connectivity index is 1.48. The summed E-state index contributed by atoms with van der Waals surface area (Å²) >= 11 is 0. The van der Waals surface area contributed by atoms with Crippen LogP contribution in [-0.4, -0.2) is 46.5 Å². The Morgan fingerprint density at radius 2 is 1.85 bits per heavy atom. The number of rotatable bonds is 5. The number of hydrogen-bond donors (Lipinski definition) is 1. The SMILES string of the molecule is CCN(C(=O)c1cn[nH]c1C1CCN(C(=O)C2CC2)CC1)c1ccccc1. The molecular formula is C21H26N4O2. The molecule has 0 radical (unpaired) electrons. The van der Waals surface area contributed by atoms with Gasteiger partial charge in [-0.3, -0.25) is 14.7 Å². The van der Waals surface area contributed by atoms with Gasteiger partial charge in [0.15, 0.2) is 0 Å². The van der Waals surface area contributed by atoms with E-state index in [1.807, 2.05) is 42.2 Å². The van der Waals surface area contributed by atoms with Gasteiger partial charge < -0.3 is 9.80 Å². The van der Waals surface area contributed by atoms with Crippen LogP contribution >= 0.6 is 0 Å².